The van der Waals surface area contributed by atoms with Crippen LogP contribution in [0.4, 0.5) is 0 Å². The first-order valence-electron chi connectivity index (χ1n) is 8.25. The van der Waals surface area contributed by atoms with E-state index in [1.807, 2.05) is 0 Å². The smallest absolute Gasteiger partial charge is 0.0346 e. The SMILES string of the molecule is CNC(c1ccc2c(c1)-c1ccccc1C2)C1CCCC1. The molecule has 0 spiro atoms. The molecule has 0 aromatic heterocycles. The minimum atomic E-state index is 0.519. The molecule has 0 amide bonds. The Morgan fingerprint density at radius 2 is 1.71 bits per heavy atom. The third-order valence-corrected chi connectivity index (χ3v) is 5.36. The Hall–Kier alpha value is -1.60. The highest BCUT2D eigenvalue weighted by molar-refractivity contribution is 5.77. The van der Waals surface area contributed by atoms with Crippen LogP contribution in [-0.4, -0.2) is 7.05 Å². The van der Waals surface area contributed by atoms with Gasteiger partial charge in [-0.25, -0.2) is 0 Å². The van der Waals surface area contributed by atoms with Crippen molar-refractivity contribution < 1.29 is 0 Å². The molecule has 4 rings (SSSR count). The lowest BCUT2D eigenvalue weighted by atomic mass is 9.89. The van der Waals surface area contributed by atoms with Crippen molar-refractivity contribution in [2.75, 3.05) is 7.05 Å². The van der Waals surface area contributed by atoms with E-state index in [0.717, 1.165) is 12.3 Å². The molecule has 1 heteroatoms. The Morgan fingerprint density at radius 1 is 0.952 bits per heavy atom. The van der Waals surface area contributed by atoms with Crippen LogP contribution in [0.1, 0.15) is 48.4 Å². The van der Waals surface area contributed by atoms with Gasteiger partial charge in [0, 0.05) is 6.04 Å². The van der Waals surface area contributed by atoms with E-state index in [1.54, 1.807) is 0 Å². The summed E-state index contributed by atoms with van der Waals surface area (Å²) < 4.78 is 0. The van der Waals surface area contributed by atoms with Gasteiger partial charge in [0.15, 0.2) is 0 Å². The Balaban J connectivity index is 1.73. The van der Waals surface area contributed by atoms with E-state index < -0.39 is 0 Å². The minimum absolute atomic E-state index is 0.519. The van der Waals surface area contributed by atoms with Crippen LogP contribution in [0.25, 0.3) is 11.1 Å². The van der Waals surface area contributed by atoms with Crippen molar-refractivity contribution in [3.63, 3.8) is 0 Å². The van der Waals surface area contributed by atoms with Crippen molar-refractivity contribution in [1.29, 1.82) is 0 Å². The van der Waals surface area contributed by atoms with Crippen molar-refractivity contribution >= 4 is 0 Å². The van der Waals surface area contributed by atoms with E-state index in [0.29, 0.717) is 6.04 Å². The van der Waals surface area contributed by atoms with Gasteiger partial charge in [-0.1, -0.05) is 49.2 Å². The molecule has 108 valence electrons. The quantitative estimate of drug-likeness (QED) is 0.731. The average Bonchev–Trinajstić information content (AvgIpc) is 3.15. The summed E-state index contributed by atoms with van der Waals surface area (Å²) in [4.78, 5) is 0. The van der Waals surface area contributed by atoms with E-state index in [2.05, 4.69) is 54.8 Å². The molecule has 1 saturated carbocycles. The molecule has 1 nitrogen and oxygen atoms in total. The molecule has 21 heavy (non-hydrogen) atoms. The molecular weight excluding hydrogens is 254 g/mol. The van der Waals surface area contributed by atoms with Crippen molar-refractivity contribution in [3.8, 4) is 11.1 Å². The second kappa shape index (κ2) is 5.31. The zero-order valence-electron chi connectivity index (χ0n) is 12.7. The summed E-state index contributed by atoms with van der Waals surface area (Å²) in [5.41, 5.74) is 7.34. The van der Waals surface area contributed by atoms with Crippen LogP contribution in [-0.2, 0) is 6.42 Å². The van der Waals surface area contributed by atoms with Gasteiger partial charge in [0.2, 0.25) is 0 Å². The molecule has 1 fully saturated rings. The van der Waals surface area contributed by atoms with Gasteiger partial charge >= 0.3 is 0 Å². The Bertz CT molecular complexity index is 653. The van der Waals surface area contributed by atoms with Crippen molar-refractivity contribution in [2.45, 2.75) is 38.1 Å². The molecule has 0 radical (unpaired) electrons. The number of benzene rings is 2. The third kappa shape index (κ3) is 2.20. The molecule has 0 heterocycles. The van der Waals surface area contributed by atoms with Crippen LogP contribution in [0.15, 0.2) is 42.5 Å². The van der Waals surface area contributed by atoms with Crippen LogP contribution in [0.5, 0.6) is 0 Å². The van der Waals surface area contributed by atoms with Gasteiger partial charge in [-0.15, -0.1) is 0 Å². The van der Waals surface area contributed by atoms with Crippen LogP contribution >= 0.6 is 0 Å². The molecule has 2 aromatic rings. The first-order valence-corrected chi connectivity index (χ1v) is 8.25. The lowest BCUT2D eigenvalue weighted by molar-refractivity contribution is 0.390. The van der Waals surface area contributed by atoms with Crippen LogP contribution < -0.4 is 5.32 Å². The number of fused-ring (bicyclic) bond motifs is 3. The Labute approximate surface area is 127 Å². The van der Waals surface area contributed by atoms with Crippen LogP contribution in [0.3, 0.4) is 0 Å². The van der Waals surface area contributed by atoms with Crippen LogP contribution in [0.2, 0.25) is 0 Å². The zero-order valence-corrected chi connectivity index (χ0v) is 12.7. The third-order valence-electron chi connectivity index (χ3n) is 5.36. The number of rotatable bonds is 3. The number of hydrogen-bond donors (Lipinski definition) is 1. The summed E-state index contributed by atoms with van der Waals surface area (Å²) in [6, 6.07) is 16.5. The van der Waals surface area contributed by atoms with Crippen molar-refractivity contribution in [3.05, 3.63) is 59.2 Å². The highest BCUT2D eigenvalue weighted by Gasteiger charge is 2.26. The summed E-state index contributed by atoms with van der Waals surface area (Å²) in [7, 11) is 2.12. The van der Waals surface area contributed by atoms with Crippen molar-refractivity contribution in [1.82, 2.24) is 5.32 Å². The highest BCUT2D eigenvalue weighted by Crippen LogP contribution is 2.40. The van der Waals surface area contributed by atoms with Gasteiger partial charge in [0.1, 0.15) is 0 Å². The van der Waals surface area contributed by atoms with Crippen molar-refractivity contribution in [2.24, 2.45) is 5.92 Å². The molecule has 2 aliphatic carbocycles. The molecule has 1 atom stereocenters. The lowest BCUT2D eigenvalue weighted by Gasteiger charge is -2.24. The molecule has 0 bridgehead atoms. The second-order valence-corrected chi connectivity index (χ2v) is 6.56. The number of hydrogen-bond acceptors (Lipinski definition) is 1. The first-order chi connectivity index (χ1) is 10.4. The number of nitrogens with one attached hydrogen (secondary N) is 1. The average molecular weight is 277 g/mol. The summed E-state index contributed by atoms with van der Waals surface area (Å²) in [5.74, 6) is 0.810. The fraction of sp³-hybridized carbons (Fsp3) is 0.400. The van der Waals surface area contributed by atoms with E-state index in [1.165, 1.54) is 53.5 Å². The minimum Gasteiger partial charge on any atom is -0.313 e. The maximum absolute atomic E-state index is 3.58. The molecule has 1 N–H and O–H groups in total. The standard InChI is InChI=1S/C20H23N/c1-21-20(14-6-2-3-7-14)17-11-10-16-12-15-8-4-5-9-18(15)19(16)13-17/h4-5,8-11,13-14,20-21H,2-3,6-7,12H2,1H3. The van der Waals surface area contributed by atoms with Gasteiger partial charge in [-0.2, -0.15) is 0 Å². The fourth-order valence-electron chi connectivity index (χ4n) is 4.30. The molecule has 2 aromatic carbocycles. The maximum Gasteiger partial charge on any atom is 0.0346 e. The van der Waals surface area contributed by atoms with Gasteiger partial charge in [0.25, 0.3) is 0 Å². The second-order valence-electron chi connectivity index (χ2n) is 6.56. The summed E-state index contributed by atoms with van der Waals surface area (Å²) in [5, 5.41) is 3.58. The summed E-state index contributed by atoms with van der Waals surface area (Å²) in [6.07, 6.45) is 6.64. The molecule has 2 aliphatic rings. The maximum atomic E-state index is 3.58. The zero-order chi connectivity index (χ0) is 14.2. The predicted octanol–water partition coefficient (Wildman–Crippen LogP) is 4.71. The molecule has 0 saturated heterocycles. The summed E-state index contributed by atoms with van der Waals surface area (Å²) >= 11 is 0. The Kier molecular flexibility index (Phi) is 3.31. The lowest BCUT2D eigenvalue weighted by Crippen LogP contribution is -2.23. The van der Waals surface area contributed by atoms with Gasteiger partial charge in [-0.3, -0.25) is 0 Å². The van der Waals surface area contributed by atoms with Gasteiger partial charge in [0.05, 0.1) is 0 Å². The highest BCUT2D eigenvalue weighted by atomic mass is 14.9. The fourth-order valence-corrected chi connectivity index (χ4v) is 4.30. The van der Waals surface area contributed by atoms with E-state index >= 15 is 0 Å². The van der Waals surface area contributed by atoms with E-state index in [-0.39, 0.29) is 0 Å². The molecule has 1 unspecified atom stereocenters. The molecule has 0 aliphatic heterocycles. The van der Waals surface area contributed by atoms with Gasteiger partial charge in [-0.05, 0) is 66.1 Å². The van der Waals surface area contributed by atoms with Gasteiger partial charge < -0.3 is 5.32 Å². The Morgan fingerprint density at radius 3 is 2.52 bits per heavy atom. The normalized spacial score (nSPS) is 18.5. The largest absolute Gasteiger partial charge is 0.313 e. The molecular formula is C20H23N. The van der Waals surface area contributed by atoms with E-state index in [4.69, 9.17) is 0 Å². The predicted molar refractivity (Wildman–Crippen MR) is 88.4 cm³/mol. The van der Waals surface area contributed by atoms with E-state index in [9.17, 15) is 0 Å². The topological polar surface area (TPSA) is 12.0 Å². The monoisotopic (exact) mass is 277 g/mol. The first kappa shape index (κ1) is 13.1. The van der Waals surface area contributed by atoms with Crippen LogP contribution in [0, 0.1) is 5.92 Å². The summed E-state index contributed by atoms with van der Waals surface area (Å²) in [6.45, 7) is 0.